The van der Waals surface area contributed by atoms with Crippen LogP contribution in [0.4, 0.5) is 16.6 Å². The minimum Gasteiger partial charge on any atom is -0.364 e. The van der Waals surface area contributed by atoms with Gasteiger partial charge in [-0.3, -0.25) is 9.47 Å². The number of anilines is 1. The lowest BCUT2D eigenvalue weighted by Gasteiger charge is -2.34. The molecule has 2 fully saturated rings. The van der Waals surface area contributed by atoms with Gasteiger partial charge in [-0.25, -0.2) is 24.7 Å². The summed E-state index contributed by atoms with van der Waals surface area (Å²) in [4.78, 5) is 37.4. The molecular weight excluding hydrogens is 586 g/mol. The Labute approximate surface area is 268 Å². The topological polar surface area (TPSA) is 113 Å². The first-order chi connectivity index (χ1) is 22.1. The van der Waals surface area contributed by atoms with E-state index < -0.39 is 0 Å². The Morgan fingerprint density at radius 3 is 2.60 bits per heavy atom. The molecule has 6 rings (SSSR count). The van der Waals surface area contributed by atoms with Crippen LogP contribution in [0.5, 0.6) is 0 Å². The van der Waals surface area contributed by atoms with Gasteiger partial charge >= 0.3 is 6.03 Å². The predicted molar refractivity (Wildman–Crippen MR) is 176 cm³/mol. The Hall–Kier alpha value is -4.13. The molecule has 3 aromatic heterocycles. The summed E-state index contributed by atoms with van der Waals surface area (Å²) in [5, 5.41) is 6.56. The van der Waals surface area contributed by atoms with Crippen LogP contribution in [0, 0.1) is 0 Å². The van der Waals surface area contributed by atoms with Gasteiger partial charge in [0.25, 0.3) is 0 Å². The number of aromatic nitrogens is 4. The summed E-state index contributed by atoms with van der Waals surface area (Å²) in [5.41, 5.74) is 3.09. The van der Waals surface area contributed by atoms with E-state index in [2.05, 4.69) is 25.5 Å². The average Bonchev–Trinajstić information content (AvgIpc) is 3.47. The fraction of sp³-hybridized carbons (Fsp3) is 0.424. The van der Waals surface area contributed by atoms with E-state index in [-0.39, 0.29) is 6.03 Å². The molecule has 4 heterocycles. The number of amides is 2. The number of nitrogens with one attached hydrogen (secondary N) is 2. The summed E-state index contributed by atoms with van der Waals surface area (Å²) in [6.45, 7) is 4.69. The van der Waals surface area contributed by atoms with Gasteiger partial charge in [-0.1, -0.05) is 60.9 Å². The lowest BCUT2D eigenvalue weighted by Crippen LogP contribution is -2.51. The molecule has 11 nitrogen and oxygen atoms in total. The van der Waals surface area contributed by atoms with E-state index in [1.165, 1.54) is 19.3 Å². The average molecular weight is 628 g/mol. The minimum atomic E-state index is -0.0122. The second kappa shape index (κ2) is 15.2. The van der Waals surface area contributed by atoms with Crippen molar-refractivity contribution >= 4 is 29.1 Å². The molecule has 0 bridgehead atoms. The highest BCUT2D eigenvalue weighted by molar-refractivity contribution is 7.12. The van der Waals surface area contributed by atoms with Gasteiger partial charge in [-0.2, -0.15) is 0 Å². The van der Waals surface area contributed by atoms with Gasteiger partial charge in [0, 0.05) is 71.0 Å². The first kappa shape index (κ1) is 30.9. The van der Waals surface area contributed by atoms with Gasteiger partial charge < -0.3 is 20.3 Å². The highest BCUT2D eigenvalue weighted by Crippen LogP contribution is 2.24. The minimum absolute atomic E-state index is 0.0122. The van der Waals surface area contributed by atoms with Gasteiger partial charge in [0.15, 0.2) is 10.6 Å². The summed E-state index contributed by atoms with van der Waals surface area (Å²) in [6, 6.07) is 16.4. The SMILES string of the molecule is COCn1cc(-c2ccnc(NC3CCCCC3)n2)s/c1=N\c1cc(CN2CCN(C(=O)NCc3ccccc3)CC2)ccn1. The van der Waals surface area contributed by atoms with E-state index >= 15 is 0 Å². The Kier molecular flexibility index (Phi) is 10.5. The van der Waals surface area contributed by atoms with Gasteiger partial charge in [0.1, 0.15) is 6.73 Å². The number of pyridine rings is 1. The Bertz CT molecular complexity index is 1610. The molecule has 4 aromatic rings. The smallest absolute Gasteiger partial charge is 0.317 e. The Balaban J connectivity index is 1.09. The summed E-state index contributed by atoms with van der Waals surface area (Å²) >= 11 is 1.55. The van der Waals surface area contributed by atoms with Crippen LogP contribution >= 0.6 is 11.3 Å². The molecule has 0 unspecified atom stereocenters. The molecule has 2 N–H and O–H groups in total. The summed E-state index contributed by atoms with van der Waals surface area (Å²) in [6.07, 6.45) is 11.8. The van der Waals surface area contributed by atoms with Crippen LogP contribution in [-0.4, -0.2) is 74.7 Å². The fourth-order valence-corrected chi connectivity index (χ4v) is 6.74. The second-order valence-corrected chi connectivity index (χ2v) is 12.6. The Morgan fingerprint density at radius 2 is 1.80 bits per heavy atom. The normalized spacial score (nSPS) is 16.6. The van der Waals surface area contributed by atoms with E-state index in [9.17, 15) is 4.79 Å². The molecule has 0 radical (unpaired) electrons. The number of carbonyl (C=O) groups excluding carboxylic acids is 1. The zero-order valence-corrected chi connectivity index (χ0v) is 26.6. The van der Waals surface area contributed by atoms with Crippen LogP contribution in [0.2, 0.25) is 0 Å². The van der Waals surface area contributed by atoms with Crippen molar-refractivity contribution in [2.45, 2.75) is 58.0 Å². The van der Waals surface area contributed by atoms with Gasteiger partial charge in [-0.05, 0) is 42.2 Å². The number of rotatable bonds is 10. The van der Waals surface area contributed by atoms with Crippen molar-refractivity contribution < 1.29 is 9.53 Å². The molecule has 236 valence electrons. The number of benzene rings is 1. The molecule has 0 atom stereocenters. The maximum absolute atomic E-state index is 12.7. The number of ether oxygens (including phenoxy) is 1. The number of nitrogens with zero attached hydrogens (tertiary/aromatic N) is 7. The van der Waals surface area contributed by atoms with Crippen molar-refractivity contribution in [1.29, 1.82) is 0 Å². The van der Waals surface area contributed by atoms with Crippen LogP contribution in [0.3, 0.4) is 0 Å². The van der Waals surface area contributed by atoms with E-state index in [0.717, 1.165) is 59.0 Å². The van der Waals surface area contributed by atoms with E-state index in [0.29, 0.717) is 44.2 Å². The van der Waals surface area contributed by atoms with Crippen LogP contribution < -0.4 is 15.4 Å². The molecule has 1 saturated carbocycles. The predicted octanol–water partition coefficient (Wildman–Crippen LogP) is 5.01. The third kappa shape index (κ3) is 8.53. The fourth-order valence-electron chi connectivity index (χ4n) is 5.78. The highest BCUT2D eigenvalue weighted by Gasteiger charge is 2.21. The molecule has 45 heavy (non-hydrogen) atoms. The molecule has 1 aromatic carbocycles. The maximum Gasteiger partial charge on any atom is 0.317 e. The quantitative estimate of drug-likeness (QED) is 0.254. The molecular formula is C33H41N9O2S. The van der Waals surface area contributed by atoms with E-state index in [1.54, 1.807) is 18.4 Å². The molecule has 0 spiro atoms. The second-order valence-electron chi connectivity index (χ2n) is 11.6. The van der Waals surface area contributed by atoms with Gasteiger partial charge in [0.2, 0.25) is 5.95 Å². The summed E-state index contributed by atoms with van der Waals surface area (Å²) < 4.78 is 7.45. The third-order valence-corrected chi connectivity index (χ3v) is 9.25. The lowest BCUT2D eigenvalue weighted by atomic mass is 9.96. The lowest BCUT2D eigenvalue weighted by molar-refractivity contribution is 0.129. The molecule has 12 heteroatoms. The molecule has 2 aliphatic rings. The number of carbonyl (C=O) groups is 1. The van der Waals surface area contributed by atoms with Crippen LogP contribution in [0.25, 0.3) is 10.6 Å². The number of hydrogen-bond acceptors (Lipinski definition) is 9. The standard InChI is InChI=1S/C33H41N9O2S/c1-44-24-42-23-29(28-13-15-35-31(38-28)37-27-10-6-3-7-11-27)45-33(42)39-30-20-26(12-14-34-30)22-40-16-18-41(19-17-40)32(43)36-21-25-8-4-2-5-9-25/h2,4-5,8-9,12-15,20,23,27H,3,6-7,10-11,16-19,21-22,24H2,1H3,(H,36,43)(H,35,37,38)/b39-33-. The third-order valence-electron chi connectivity index (χ3n) is 8.21. The van der Waals surface area contributed by atoms with Crippen molar-refractivity contribution in [3.63, 3.8) is 0 Å². The van der Waals surface area contributed by atoms with Crippen LogP contribution in [0.1, 0.15) is 43.2 Å². The largest absolute Gasteiger partial charge is 0.364 e. The van der Waals surface area contributed by atoms with Crippen molar-refractivity contribution in [2.24, 2.45) is 4.99 Å². The zero-order chi connectivity index (χ0) is 30.8. The number of thiazole rings is 1. The van der Waals surface area contributed by atoms with Gasteiger partial charge in [0.05, 0.1) is 10.6 Å². The van der Waals surface area contributed by atoms with Crippen LogP contribution in [-0.2, 0) is 24.6 Å². The number of methoxy groups -OCH3 is 1. The number of urea groups is 1. The van der Waals surface area contributed by atoms with Crippen LogP contribution in [0.15, 0.2) is 72.1 Å². The van der Waals surface area contributed by atoms with E-state index in [1.807, 2.05) is 76.6 Å². The monoisotopic (exact) mass is 627 g/mol. The van der Waals surface area contributed by atoms with E-state index in [4.69, 9.17) is 14.7 Å². The zero-order valence-electron chi connectivity index (χ0n) is 25.8. The Morgan fingerprint density at radius 1 is 1.00 bits per heavy atom. The maximum atomic E-state index is 12.7. The molecule has 1 aliphatic heterocycles. The first-order valence-electron chi connectivity index (χ1n) is 15.7. The van der Waals surface area contributed by atoms with Gasteiger partial charge in [-0.15, -0.1) is 0 Å². The molecule has 1 aliphatic carbocycles. The van der Waals surface area contributed by atoms with Crippen molar-refractivity contribution in [1.82, 2.24) is 34.6 Å². The number of piperazine rings is 1. The summed E-state index contributed by atoms with van der Waals surface area (Å²) in [5.74, 6) is 1.32. The molecule has 1 saturated heterocycles. The molecule has 2 amide bonds. The van der Waals surface area contributed by atoms with Crippen molar-refractivity contribution in [2.75, 3.05) is 38.6 Å². The van der Waals surface area contributed by atoms with Crippen molar-refractivity contribution in [3.05, 3.63) is 83.0 Å². The first-order valence-corrected chi connectivity index (χ1v) is 16.5. The van der Waals surface area contributed by atoms with Crippen molar-refractivity contribution in [3.8, 4) is 10.6 Å². The number of hydrogen-bond donors (Lipinski definition) is 2. The highest BCUT2D eigenvalue weighted by atomic mass is 32.1. The summed E-state index contributed by atoms with van der Waals surface area (Å²) in [7, 11) is 1.68.